The Labute approximate surface area is 174 Å². The molecule has 1 heterocycles. The van der Waals surface area contributed by atoms with E-state index in [4.69, 9.17) is 9.47 Å². The smallest absolute Gasteiger partial charge is 0.191 e. The van der Waals surface area contributed by atoms with Gasteiger partial charge in [0.15, 0.2) is 15.8 Å². The lowest BCUT2D eigenvalue weighted by molar-refractivity contribution is 0.145. The molecule has 9 heteroatoms. The van der Waals surface area contributed by atoms with E-state index in [1.807, 2.05) is 31.2 Å². The van der Waals surface area contributed by atoms with Crippen molar-refractivity contribution in [2.45, 2.75) is 19.9 Å². The number of ether oxygens (including phenoxy) is 2. The second kappa shape index (κ2) is 12.7. The third-order valence-electron chi connectivity index (χ3n) is 4.70. The lowest BCUT2D eigenvalue weighted by Crippen LogP contribution is -2.46. The Morgan fingerprint density at radius 3 is 2.48 bits per heavy atom. The van der Waals surface area contributed by atoms with E-state index in [9.17, 15) is 8.42 Å². The summed E-state index contributed by atoms with van der Waals surface area (Å²) in [5.41, 5.74) is 1.10. The monoisotopic (exact) mass is 426 g/mol. The van der Waals surface area contributed by atoms with Crippen LogP contribution >= 0.6 is 0 Å². The Morgan fingerprint density at radius 1 is 1.14 bits per heavy atom. The molecular formula is C20H34N4O4S. The van der Waals surface area contributed by atoms with Crippen LogP contribution in [0.1, 0.15) is 18.9 Å². The summed E-state index contributed by atoms with van der Waals surface area (Å²) in [4.78, 5) is 6.84. The molecule has 1 fully saturated rings. The van der Waals surface area contributed by atoms with Crippen molar-refractivity contribution in [3.8, 4) is 5.75 Å². The van der Waals surface area contributed by atoms with E-state index in [0.29, 0.717) is 26.2 Å². The summed E-state index contributed by atoms with van der Waals surface area (Å²) in [7, 11) is -1.19. The number of rotatable bonds is 11. The molecule has 8 nitrogen and oxygen atoms in total. The zero-order chi connectivity index (χ0) is 21.0. The third-order valence-corrected chi connectivity index (χ3v) is 6.31. The predicted molar refractivity (Wildman–Crippen MR) is 116 cm³/mol. The predicted octanol–water partition coefficient (Wildman–Crippen LogP) is 0.887. The Bertz CT molecular complexity index is 709. The molecule has 0 spiro atoms. The average Bonchev–Trinajstić information content (AvgIpc) is 2.73. The fraction of sp³-hybridized carbons (Fsp3) is 0.650. The minimum absolute atomic E-state index is 0.251. The largest absolute Gasteiger partial charge is 0.497 e. The highest BCUT2D eigenvalue weighted by Crippen LogP contribution is 2.11. The first kappa shape index (κ1) is 23.4. The van der Waals surface area contributed by atoms with Gasteiger partial charge in [-0.15, -0.1) is 0 Å². The van der Waals surface area contributed by atoms with Crippen molar-refractivity contribution < 1.29 is 17.9 Å². The number of sulfone groups is 1. The highest BCUT2D eigenvalue weighted by molar-refractivity contribution is 7.91. The molecule has 29 heavy (non-hydrogen) atoms. The van der Waals surface area contributed by atoms with Gasteiger partial charge in [-0.25, -0.2) is 13.4 Å². The molecule has 1 aliphatic rings. The van der Waals surface area contributed by atoms with Crippen molar-refractivity contribution in [1.82, 2.24) is 15.5 Å². The highest BCUT2D eigenvalue weighted by atomic mass is 32.2. The molecule has 0 amide bonds. The molecule has 164 valence electrons. The first-order valence-electron chi connectivity index (χ1n) is 10.2. The second-order valence-corrected chi connectivity index (χ2v) is 9.21. The number of nitrogens with zero attached hydrogens (tertiary/aromatic N) is 2. The van der Waals surface area contributed by atoms with Crippen LogP contribution in [0.15, 0.2) is 29.3 Å². The lowest BCUT2D eigenvalue weighted by Gasteiger charge is -2.26. The molecule has 0 unspecified atom stereocenters. The van der Waals surface area contributed by atoms with Gasteiger partial charge >= 0.3 is 0 Å². The number of aliphatic imine (C=N–C) groups is 1. The van der Waals surface area contributed by atoms with E-state index in [-0.39, 0.29) is 11.5 Å². The minimum Gasteiger partial charge on any atom is -0.497 e. The van der Waals surface area contributed by atoms with E-state index in [1.165, 1.54) is 0 Å². The first-order chi connectivity index (χ1) is 14.0. The SMILES string of the molecule is CCOCCCNC(=NCc1ccc(OC)cc1)NCCN1CCS(=O)(=O)CC1. The maximum Gasteiger partial charge on any atom is 0.191 e. The second-order valence-electron chi connectivity index (χ2n) is 6.91. The van der Waals surface area contributed by atoms with Crippen molar-refractivity contribution in [2.24, 2.45) is 4.99 Å². The summed E-state index contributed by atoms with van der Waals surface area (Å²) in [5, 5.41) is 6.70. The molecule has 2 N–H and O–H groups in total. The van der Waals surface area contributed by atoms with E-state index < -0.39 is 9.84 Å². The van der Waals surface area contributed by atoms with Gasteiger partial charge in [0.25, 0.3) is 0 Å². The van der Waals surface area contributed by atoms with Crippen LogP contribution < -0.4 is 15.4 Å². The van der Waals surface area contributed by atoms with Gasteiger partial charge in [0.2, 0.25) is 0 Å². The van der Waals surface area contributed by atoms with Crippen LogP contribution in [-0.2, 0) is 21.1 Å². The number of hydrogen-bond acceptors (Lipinski definition) is 6. The van der Waals surface area contributed by atoms with Crippen molar-refractivity contribution in [3.63, 3.8) is 0 Å². The fourth-order valence-electron chi connectivity index (χ4n) is 2.91. The summed E-state index contributed by atoms with van der Waals surface area (Å²) >= 11 is 0. The number of hydrogen-bond donors (Lipinski definition) is 2. The lowest BCUT2D eigenvalue weighted by atomic mass is 10.2. The Hall–Kier alpha value is -1.84. The van der Waals surface area contributed by atoms with Crippen LogP contribution in [-0.4, -0.2) is 83.8 Å². The van der Waals surface area contributed by atoms with Gasteiger partial charge in [-0.2, -0.15) is 0 Å². The van der Waals surface area contributed by atoms with Gasteiger partial charge in [0.05, 0.1) is 25.2 Å². The summed E-state index contributed by atoms with van der Waals surface area (Å²) in [6.45, 7) is 7.47. The van der Waals surface area contributed by atoms with Crippen molar-refractivity contribution >= 4 is 15.8 Å². The third kappa shape index (κ3) is 9.47. The molecule has 1 aliphatic heterocycles. The maximum absolute atomic E-state index is 11.5. The number of guanidine groups is 1. The van der Waals surface area contributed by atoms with Crippen molar-refractivity contribution in [2.75, 3.05) is 64.6 Å². The van der Waals surface area contributed by atoms with Gasteiger partial charge in [-0.05, 0) is 31.0 Å². The molecule has 0 aromatic heterocycles. The summed E-state index contributed by atoms with van der Waals surface area (Å²) < 4.78 is 33.6. The van der Waals surface area contributed by atoms with Gasteiger partial charge in [-0.3, -0.25) is 4.90 Å². The number of benzene rings is 1. The molecule has 1 aromatic rings. The number of nitrogens with one attached hydrogen (secondary N) is 2. The van der Waals surface area contributed by atoms with Crippen LogP contribution in [0.3, 0.4) is 0 Å². The average molecular weight is 427 g/mol. The fourth-order valence-corrected chi connectivity index (χ4v) is 4.18. The molecule has 1 saturated heterocycles. The first-order valence-corrected chi connectivity index (χ1v) is 12.0. The van der Waals surface area contributed by atoms with Crippen molar-refractivity contribution in [3.05, 3.63) is 29.8 Å². The van der Waals surface area contributed by atoms with E-state index >= 15 is 0 Å². The van der Waals surface area contributed by atoms with Crippen molar-refractivity contribution in [1.29, 1.82) is 0 Å². The zero-order valence-electron chi connectivity index (χ0n) is 17.5. The quantitative estimate of drug-likeness (QED) is 0.308. The summed E-state index contributed by atoms with van der Waals surface area (Å²) in [6, 6.07) is 7.86. The molecule has 0 radical (unpaired) electrons. The zero-order valence-corrected chi connectivity index (χ0v) is 18.3. The van der Waals surface area contributed by atoms with Gasteiger partial charge in [-0.1, -0.05) is 12.1 Å². The molecular weight excluding hydrogens is 392 g/mol. The van der Waals surface area contributed by atoms with E-state index in [2.05, 4.69) is 20.5 Å². The minimum atomic E-state index is -2.84. The molecule has 0 atom stereocenters. The van der Waals surface area contributed by atoms with Crippen LogP contribution in [0.4, 0.5) is 0 Å². The summed E-state index contributed by atoms with van der Waals surface area (Å²) in [6.07, 6.45) is 0.904. The van der Waals surface area contributed by atoms with Gasteiger partial charge in [0.1, 0.15) is 5.75 Å². The molecule has 1 aromatic carbocycles. The summed E-state index contributed by atoms with van der Waals surface area (Å²) in [5.74, 6) is 2.08. The van der Waals surface area contributed by atoms with Gasteiger partial charge < -0.3 is 20.1 Å². The van der Waals surface area contributed by atoms with E-state index in [1.54, 1.807) is 7.11 Å². The number of methoxy groups -OCH3 is 1. The van der Waals surface area contributed by atoms with Gasteiger partial charge in [0, 0.05) is 45.9 Å². The van der Waals surface area contributed by atoms with E-state index in [0.717, 1.165) is 50.0 Å². The Kier molecular flexibility index (Phi) is 10.2. The standard InChI is InChI=1S/C20H34N4O4S/c1-3-28-14-4-9-21-20(23-17-18-5-7-19(27-2)8-6-18)22-10-11-24-12-15-29(25,26)16-13-24/h5-8H,3-4,9-17H2,1-2H3,(H2,21,22,23). The molecule has 0 aliphatic carbocycles. The van der Waals surface area contributed by atoms with Crippen LogP contribution in [0, 0.1) is 0 Å². The highest BCUT2D eigenvalue weighted by Gasteiger charge is 2.20. The Balaban J connectivity index is 1.82. The normalized spacial score (nSPS) is 17.1. The molecule has 0 saturated carbocycles. The maximum atomic E-state index is 11.5. The van der Waals surface area contributed by atoms with Crippen LogP contribution in [0.2, 0.25) is 0 Å². The molecule has 2 rings (SSSR count). The van der Waals surface area contributed by atoms with Crippen LogP contribution in [0.25, 0.3) is 0 Å². The Morgan fingerprint density at radius 2 is 1.83 bits per heavy atom. The molecule has 0 bridgehead atoms. The topological polar surface area (TPSA) is 92.3 Å². The van der Waals surface area contributed by atoms with Crippen LogP contribution in [0.5, 0.6) is 5.75 Å².